The summed E-state index contributed by atoms with van der Waals surface area (Å²) in [6.07, 6.45) is 3.96. The Balaban J connectivity index is 1.88. The van der Waals surface area contributed by atoms with Crippen molar-refractivity contribution in [2.75, 3.05) is 13.7 Å². The summed E-state index contributed by atoms with van der Waals surface area (Å²) in [6, 6.07) is 10.3. The average Bonchev–Trinajstić information content (AvgIpc) is 2.93. The largest absolute Gasteiger partial charge is 0.380 e. The normalized spacial score (nSPS) is 12.6. The van der Waals surface area contributed by atoms with E-state index in [0.717, 1.165) is 18.8 Å². The Morgan fingerprint density at radius 3 is 2.72 bits per heavy atom. The molecule has 1 N–H and O–H groups in total. The third-order valence-electron chi connectivity index (χ3n) is 2.87. The summed E-state index contributed by atoms with van der Waals surface area (Å²) in [5.74, 6) is 0. The Bertz CT molecular complexity index is 450. The van der Waals surface area contributed by atoms with Gasteiger partial charge in [0.15, 0.2) is 0 Å². The molecule has 0 saturated carbocycles. The van der Waals surface area contributed by atoms with Crippen molar-refractivity contribution in [3.8, 4) is 5.69 Å². The first kappa shape index (κ1) is 12.8. The second kappa shape index (κ2) is 6.33. The molecule has 0 bridgehead atoms. The lowest BCUT2D eigenvalue weighted by molar-refractivity contribution is 0.117. The molecular weight excluding hydrogens is 226 g/mol. The highest BCUT2D eigenvalue weighted by Gasteiger charge is 1.99. The average molecular weight is 245 g/mol. The molecule has 0 aliphatic rings. The maximum Gasteiger partial charge on any atom is 0.0667 e. The van der Waals surface area contributed by atoms with Crippen LogP contribution in [0.5, 0.6) is 0 Å². The maximum atomic E-state index is 5.18. The van der Waals surface area contributed by atoms with Crippen LogP contribution in [0.15, 0.2) is 42.7 Å². The Labute approximate surface area is 108 Å². The van der Waals surface area contributed by atoms with Gasteiger partial charge in [-0.1, -0.05) is 12.1 Å². The van der Waals surface area contributed by atoms with Crippen LogP contribution in [0, 0.1) is 0 Å². The van der Waals surface area contributed by atoms with Crippen molar-refractivity contribution >= 4 is 0 Å². The summed E-state index contributed by atoms with van der Waals surface area (Å²) >= 11 is 0. The lowest BCUT2D eigenvalue weighted by atomic mass is 10.2. The predicted octanol–water partition coefficient (Wildman–Crippen LogP) is 2.00. The van der Waals surface area contributed by atoms with Crippen LogP contribution >= 0.6 is 0 Å². The van der Waals surface area contributed by atoms with Crippen LogP contribution in [0.25, 0.3) is 5.69 Å². The fourth-order valence-corrected chi connectivity index (χ4v) is 1.69. The molecule has 1 aromatic carbocycles. The van der Waals surface area contributed by atoms with E-state index in [1.807, 2.05) is 23.9 Å². The van der Waals surface area contributed by atoms with Crippen molar-refractivity contribution in [1.29, 1.82) is 0 Å². The highest BCUT2D eigenvalue weighted by atomic mass is 16.5. The molecule has 1 atom stereocenters. The third-order valence-corrected chi connectivity index (χ3v) is 2.87. The summed E-state index contributed by atoms with van der Waals surface area (Å²) in [7, 11) is 1.73. The van der Waals surface area contributed by atoms with Crippen LogP contribution in [0.2, 0.25) is 0 Å². The van der Waals surface area contributed by atoms with Crippen LogP contribution in [0.4, 0.5) is 0 Å². The van der Waals surface area contributed by atoms with Crippen LogP contribution in [0.1, 0.15) is 12.5 Å². The highest BCUT2D eigenvalue weighted by Crippen LogP contribution is 2.08. The van der Waals surface area contributed by atoms with Gasteiger partial charge in [-0.05, 0) is 30.7 Å². The zero-order valence-electron chi connectivity index (χ0n) is 10.8. The molecule has 4 heteroatoms. The lowest BCUT2D eigenvalue weighted by Crippen LogP contribution is -2.25. The number of hydrogen-bond acceptors (Lipinski definition) is 3. The Morgan fingerprint density at radius 1 is 1.33 bits per heavy atom. The van der Waals surface area contributed by atoms with E-state index in [-0.39, 0.29) is 6.10 Å². The van der Waals surface area contributed by atoms with Gasteiger partial charge in [-0.3, -0.25) is 0 Å². The molecule has 0 radical (unpaired) electrons. The number of ether oxygens (including phenoxy) is 1. The molecule has 0 aliphatic carbocycles. The Morgan fingerprint density at radius 2 is 2.11 bits per heavy atom. The van der Waals surface area contributed by atoms with Crippen molar-refractivity contribution < 1.29 is 4.74 Å². The minimum Gasteiger partial charge on any atom is -0.380 e. The minimum absolute atomic E-state index is 0.244. The van der Waals surface area contributed by atoms with E-state index in [1.54, 1.807) is 13.3 Å². The second-order valence-electron chi connectivity index (χ2n) is 4.29. The molecular formula is C14H19N3O. The number of aromatic nitrogens is 2. The van der Waals surface area contributed by atoms with Gasteiger partial charge in [0, 0.05) is 32.6 Å². The van der Waals surface area contributed by atoms with E-state index >= 15 is 0 Å². The van der Waals surface area contributed by atoms with E-state index in [0.29, 0.717) is 0 Å². The van der Waals surface area contributed by atoms with Crippen LogP contribution < -0.4 is 5.32 Å². The molecule has 2 aromatic rings. The molecule has 18 heavy (non-hydrogen) atoms. The van der Waals surface area contributed by atoms with E-state index < -0.39 is 0 Å². The van der Waals surface area contributed by atoms with Gasteiger partial charge >= 0.3 is 0 Å². The molecule has 4 nitrogen and oxygen atoms in total. The highest BCUT2D eigenvalue weighted by molar-refractivity contribution is 5.33. The van der Waals surface area contributed by atoms with Gasteiger partial charge in [-0.25, -0.2) is 4.68 Å². The third kappa shape index (κ3) is 3.42. The second-order valence-corrected chi connectivity index (χ2v) is 4.29. The maximum absolute atomic E-state index is 5.18. The first-order chi connectivity index (χ1) is 8.79. The number of nitrogens with one attached hydrogen (secondary N) is 1. The quantitative estimate of drug-likeness (QED) is 0.846. The predicted molar refractivity (Wildman–Crippen MR) is 71.7 cm³/mol. The number of benzene rings is 1. The molecule has 96 valence electrons. The Kier molecular flexibility index (Phi) is 4.50. The number of methoxy groups -OCH3 is 1. The number of rotatable bonds is 6. The molecule has 0 saturated heterocycles. The first-order valence-corrected chi connectivity index (χ1v) is 6.12. The lowest BCUT2D eigenvalue weighted by Gasteiger charge is -2.11. The van der Waals surface area contributed by atoms with Gasteiger partial charge in [0.25, 0.3) is 0 Å². The number of hydrogen-bond donors (Lipinski definition) is 1. The van der Waals surface area contributed by atoms with Crippen LogP contribution in [-0.2, 0) is 11.3 Å². The van der Waals surface area contributed by atoms with Gasteiger partial charge in [-0.15, -0.1) is 0 Å². The van der Waals surface area contributed by atoms with Gasteiger partial charge < -0.3 is 10.1 Å². The topological polar surface area (TPSA) is 39.1 Å². The van der Waals surface area contributed by atoms with Crippen molar-refractivity contribution in [1.82, 2.24) is 15.1 Å². The molecule has 0 amide bonds. The van der Waals surface area contributed by atoms with Crippen molar-refractivity contribution in [2.24, 2.45) is 0 Å². The van der Waals surface area contributed by atoms with Gasteiger partial charge in [0.1, 0.15) is 0 Å². The van der Waals surface area contributed by atoms with E-state index in [4.69, 9.17) is 4.74 Å². The summed E-state index contributed by atoms with van der Waals surface area (Å²) in [5, 5.41) is 7.56. The monoisotopic (exact) mass is 245 g/mol. The van der Waals surface area contributed by atoms with Crippen LogP contribution in [-0.4, -0.2) is 29.5 Å². The summed E-state index contributed by atoms with van der Waals surface area (Å²) in [6.45, 7) is 3.76. The smallest absolute Gasteiger partial charge is 0.0667 e. The van der Waals surface area contributed by atoms with Gasteiger partial charge in [0.05, 0.1) is 11.8 Å². The zero-order valence-corrected chi connectivity index (χ0v) is 10.8. The van der Waals surface area contributed by atoms with Crippen molar-refractivity contribution in [2.45, 2.75) is 19.6 Å². The molecule has 1 heterocycles. The molecule has 0 fully saturated rings. The fraction of sp³-hybridized carbons (Fsp3) is 0.357. The van der Waals surface area contributed by atoms with E-state index in [2.05, 4.69) is 34.7 Å². The van der Waals surface area contributed by atoms with Gasteiger partial charge in [-0.2, -0.15) is 5.10 Å². The molecule has 0 spiro atoms. The minimum atomic E-state index is 0.244. The first-order valence-electron chi connectivity index (χ1n) is 6.12. The van der Waals surface area contributed by atoms with Gasteiger partial charge in [0.2, 0.25) is 0 Å². The molecule has 1 aromatic heterocycles. The van der Waals surface area contributed by atoms with Crippen LogP contribution in [0.3, 0.4) is 0 Å². The SMILES string of the molecule is COC(C)CNCc1ccc(-n2cccn2)cc1. The molecule has 0 aliphatic heterocycles. The van der Waals surface area contributed by atoms with Crippen molar-refractivity contribution in [3.63, 3.8) is 0 Å². The van der Waals surface area contributed by atoms with E-state index in [9.17, 15) is 0 Å². The van der Waals surface area contributed by atoms with Crippen molar-refractivity contribution in [3.05, 3.63) is 48.3 Å². The summed E-state index contributed by atoms with van der Waals surface area (Å²) < 4.78 is 7.03. The Hall–Kier alpha value is -1.65. The summed E-state index contributed by atoms with van der Waals surface area (Å²) in [5.41, 5.74) is 2.34. The zero-order chi connectivity index (χ0) is 12.8. The summed E-state index contributed by atoms with van der Waals surface area (Å²) in [4.78, 5) is 0. The standard InChI is InChI=1S/C14H19N3O/c1-12(18-2)10-15-11-13-4-6-14(7-5-13)17-9-3-8-16-17/h3-9,12,15H,10-11H2,1-2H3. The molecule has 2 rings (SSSR count). The molecule has 1 unspecified atom stereocenters. The fourth-order valence-electron chi connectivity index (χ4n) is 1.69. The van der Waals surface area contributed by atoms with E-state index in [1.165, 1.54) is 5.56 Å². The number of nitrogens with zero attached hydrogens (tertiary/aromatic N) is 2.